The monoisotopic (exact) mass is 268 g/mol. The van der Waals surface area contributed by atoms with Gasteiger partial charge in [-0.05, 0) is 51.1 Å². The summed E-state index contributed by atoms with van der Waals surface area (Å²) in [7, 11) is 1.49. The molecule has 0 unspecified atom stereocenters. The number of methoxy groups -OCH3 is 1. The Morgan fingerprint density at radius 1 is 1.37 bits per heavy atom. The number of rotatable bonds is 6. The number of amides is 1. The van der Waals surface area contributed by atoms with E-state index in [4.69, 9.17) is 10.5 Å². The summed E-state index contributed by atoms with van der Waals surface area (Å²) in [5.41, 5.74) is 5.21. The Hall–Kier alpha value is -1.46. The number of nitrogens with zero attached hydrogens (tertiary/aromatic N) is 1. The van der Waals surface area contributed by atoms with E-state index in [0.717, 1.165) is 0 Å². The lowest BCUT2D eigenvalue weighted by molar-refractivity contribution is -0.136. The van der Waals surface area contributed by atoms with Crippen LogP contribution in [0.2, 0.25) is 0 Å². The zero-order chi connectivity index (χ0) is 14.5. The molecule has 19 heavy (non-hydrogen) atoms. The van der Waals surface area contributed by atoms with E-state index in [0.29, 0.717) is 25.2 Å². The van der Waals surface area contributed by atoms with Gasteiger partial charge >= 0.3 is 0 Å². The summed E-state index contributed by atoms with van der Waals surface area (Å²) in [6.07, 6.45) is 0.670. The van der Waals surface area contributed by atoms with E-state index >= 15 is 0 Å². The Labute approximate surface area is 113 Å². The Balaban J connectivity index is 3.00. The van der Waals surface area contributed by atoms with Crippen molar-refractivity contribution in [3.63, 3.8) is 0 Å². The van der Waals surface area contributed by atoms with Crippen molar-refractivity contribution in [2.24, 2.45) is 5.73 Å². The molecule has 1 amide bonds. The molecule has 0 bridgehead atoms. The lowest BCUT2D eigenvalue weighted by Gasteiger charge is -2.31. The molecule has 1 aromatic rings. The van der Waals surface area contributed by atoms with E-state index in [2.05, 4.69) is 0 Å². The second kappa shape index (κ2) is 6.63. The van der Waals surface area contributed by atoms with Crippen LogP contribution in [-0.4, -0.2) is 31.7 Å². The van der Waals surface area contributed by atoms with Crippen molar-refractivity contribution in [3.05, 3.63) is 30.1 Å². The summed E-state index contributed by atoms with van der Waals surface area (Å²) in [4.78, 5) is 14.0. The maximum Gasteiger partial charge on any atom is 0.258 e. The minimum absolute atomic E-state index is 0.171. The number of benzene rings is 1. The SMILES string of the molecule is COC(C)(C)C(=O)N(CCCN)c1ccc(F)cc1. The molecule has 0 spiro atoms. The molecule has 0 aromatic heterocycles. The average molecular weight is 268 g/mol. The Morgan fingerprint density at radius 3 is 2.42 bits per heavy atom. The van der Waals surface area contributed by atoms with E-state index in [9.17, 15) is 9.18 Å². The molecule has 0 heterocycles. The number of carbonyl (C=O) groups is 1. The number of anilines is 1. The van der Waals surface area contributed by atoms with Crippen LogP contribution in [0.5, 0.6) is 0 Å². The van der Waals surface area contributed by atoms with E-state index in [1.54, 1.807) is 30.9 Å². The molecule has 0 radical (unpaired) electrons. The van der Waals surface area contributed by atoms with Crippen LogP contribution in [0.4, 0.5) is 10.1 Å². The van der Waals surface area contributed by atoms with Gasteiger partial charge in [0.25, 0.3) is 5.91 Å². The van der Waals surface area contributed by atoms with Gasteiger partial charge in [0.2, 0.25) is 0 Å². The van der Waals surface area contributed by atoms with Gasteiger partial charge in [-0.3, -0.25) is 4.79 Å². The van der Waals surface area contributed by atoms with Gasteiger partial charge in [0.15, 0.2) is 0 Å². The summed E-state index contributed by atoms with van der Waals surface area (Å²) in [6.45, 7) is 4.37. The summed E-state index contributed by atoms with van der Waals surface area (Å²) in [6, 6.07) is 5.82. The molecule has 1 rings (SSSR count). The van der Waals surface area contributed by atoms with E-state index < -0.39 is 5.60 Å². The molecule has 106 valence electrons. The fraction of sp³-hybridized carbons (Fsp3) is 0.500. The first kappa shape index (κ1) is 15.6. The van der Waals surface area contributed by atoms with Crippen molar-refractivity contribution in [1.82, 2.24) is 0 Å². The van der Waals surface area contributed by atoms with Crippen LogP contribution in [0.3, 0.4) is 0 Å². The minimum atomic E-state index is -0.928. The maximum atomic E-state index is 13.0. The van der Waals surface area contributed by atoms with Crippen molar-refractivity contribution in [3.8, 4) is 0 Å². The number of nitrogens with two attached hydrogens (primary N) is 1. The first-order valence-electron chi connectivity index (χ1n) is 6.25. The second-order valence-corrected chi connectivity index (χ2v) is 4.79. The molecule has 0 aliphatic rings. The van der Waals surface area contributed by atoms with E-state index in [1.165, 1.54) is 19.2 Å². The van der Waals surface area contributed by atoms with Crippen LogP contribution in [0.25, 0.3) is 0 Å². The number of carbonyl (C=O) groups excluding carboxylic acids is 1. The molecule has 4 nitrogen and oxygen atoms in total. The van der Waals surface area contributed by atoms with Crippen LogP contribution in [0.15, 0.2) is 24.3 Å². The van der Waals surface area contributed by atoms with Crippen LogP contribution in [-0.2, 0) is 9.53 Å². The molecular formula is C14H21FN2O2. The maximum absolute atomic E-state index is 13.0. The second-order valence-electron chi connectivity index (χ2n) is 4.79. The van der Waals surface area contributed by atoms with Gasteiger partial charge in [-0.25, -0.2) is 4.39 Å². The molecule has 0 aliphatic heterocycles. The van der Waals surface area contributed by atoms with Crippen LogP contribution in [0, 0.1) is 5.82 Å². The number of hydrogen-bond donors (Lipinski definition) is 1. The molecule has 5 heteroatoms. The molecule has 0 saturated heterocycles. The zero-order valence-corrected chi connectivity index (χ0v) is 11.6. The summed E-state index contributed by atoms with van der Waals surface area (Å²) in [5, 5.41) is 0. The predicted molar refractivity (Wildman–Crippen MR) is 73.5 cm³/mol. The van der Waals surface area contributed by atoms with Crippen molar-refractivity contribution < 1.29 is 13.9 Å². The van der Waals surface area contributed by atoms with E-state index in [-0.39, 0.29) is 11.7 Å². The highest BCUT2D eigenvalue weighted by Gasteiger charge is 2.32. The standard InChI is InChI=1S/C14H21FN2O2/c1-14(2,19-3)13(18)17(10-4-9-16)12-7-5-11(15)6-8-12/h5-8H,4,9-10,16H2,1-3H3. The summed E-state index contributed by atoms with van der Waals surface area (Å²) < 4.78 is 18.2. The van der Waals surface area contributed by atoms with Crippen molar-refractivity contribution in [2.45, 2.75) is 25.9 Å². The summed E-state index contributed by atoms with van der Waals surface area (Å²) >= 11 is 0. The molecule has 2 N–H and O–H groups in total. The zero-order valence-electron chi connectivity index (χ0n) is 11.6. The Kier molecular flexibility index (Phi) is 5.44. The quantitative estimate of drug-likeness (QED) is 0.857. The predicted octanol–water partition coefficient (Wildman–Crippen LogP) is 1.93. The minimum Gasteiger partial charge on any atom is -0.369 e. The molecular weight excluding hydrogens is 247 g/mol. The van der Waals surface area contributed by atoms with Crippen molar-refractivity contribution in [1.29, 1.82) is 0 Å². The lowest BCUT2D eigenvalue weighted by atomic mass is 10.1. The number of halogens is 1. The third-order valence-corrected chi connectivity index (χ3v) is 2.99. The molecule has 0 atom stereocenters. The largest absolute Gasteiger partial charge is 0.369 e. The topological polar surface area (TPSA) is 55.6 Å². The lowest BCUT2D eigenvalue weighted by Crippen LogP contribution is -2.47. The first-order chi connectivity index (χ1) is 8.92. The van der Waals surface area contributed by atoms with Crippen molar-refractivity contribution in [2.75, 3.05) is 25.1 Å². The van der Waals surface area contributed by atoms with Gasteiger partial charge in [-0.15, -0.1) is 0 Å². The highest BCUT2D eigenvalue weighted by atomic mass is 19.1. The van der Waals surface area contributed by atoms with Gasteiger partial charge in [0.05, 0.1) is 0 Å². The van der Waals surface area contributed by atoms with Gasteiger partial charge in [0.1, 0.15) is 11.4 Å². The van der Waals surface area contributed by atoms with Gasteiger partial charge < -0.3 is 15.4 Å². The summed E-state index contributed by atoms with van der Waals surface area (Å²) in [5.74, 6) is -0.504. The highest BCUT2D eigenvalue weighted by molar-refractivity contribution is 5.98. The van der Waals surface area contributed by atoms with Crippen LogP contribution >= 0.6 is 0 Å². The first-order valence-corrected chi connectivity index (χ1v) is 6.25. The number of hydrogen-bond acceptors (Lipinski definition) is 3. The normalized spacial score (nSPS) is 11.4. The Bertz CT molecular complexity index is 418. The van der Waals surface area contributed by atoms with Gasteiger partial charge in [-0.1, -0.05) is 0 Å². The number of ether oxygens (including phenoxy) is 1. The smallest absolute Gasteiger partial charge is 0.258 e. The molecule has 0 fully saturated rings. The van der Waals surface area contributed by atoms with Crippen LogP contribution < -0.4 is 10.6 Å². The third-order valence-electron chi connectivity index (χ3n) is 2.99. The molecule has 0 saturated carbocycles. The van der Waals surface area contributed by atoms with E-state index in [1.807, 2.05) is 0 Å². The Morgan fingerprint density at radius 2 is 1.95 bits per heavy atom. The van der Waals surface area contributed by atoms with Crippen molar-refractivity contribution >= 4 is 11.6 Å². The van der Waals surface area contributed by atoms with Gasteiger partial charge in [-0.2, -0.15) is 0 Å². The fourth-order valence-electron chi connectivity index (χ4n) is 1.63. The van der Waals surface area contributed by atoms with Crippen LogP contribution in [0.1, 0.15) is 20.3 Å². The molecule has 0 aliphatic carbocycles. The fourth-order valence-corrected chi connectivity index (χ4v) is 1.63. The highest BCUT2D eigenvalue weighted by Crippen LogP contribution is 2.21. The van der Waals surface area contributed by atoms with Gasteiger partial charge in [0, 0.05) is 19.3 Å². The third kappa shape index (κ3) is 4.01. The average Bonchev–Trinajstić information content (AvgIpc) is 2.40. The molecule has 1 aromatic carbocycles.